The number of aromatic nitrogens is 4. The van der Waals surface area contributed by atoms with Crippen molar-refractivity contribution in [2.45, 2.75) is 0 Å². The van der Waals surface area contributed by atoms with E-state index in [1.165, 1.54) is 21.5 Å². The van der Waals surface area contributed by atoms with Crippen molar-refractivity contribution >= 4 is 81.9 Å². The van der Waals surface area contributed by atoms with Crippen molar-refractivity contribution in [3.05, 3.63) is 146 Å². The molecule has 5 heterocycles. The normalized spacial score (nSPS) is 11.9. The van der Waals surface area contributed by atoms with Gasteiger partial charge in [-0.3, -0.25) is 9.97 Å². The smallest absolute Gasteiger partial charge is 0.663 e. The number of pyridine rings is 3. The van der Waals surface area contributed by atoms with Crippen molar-refractivity contribution in [3.63, 3.8) is 0 Å². The first-order valence-corrected chi connectivity index (χ1v) is 14.7. The van der Waals surface area contributed by atoms with Gasteiger partial charge >= 0.3 is 19.5 Å². The van der Waals surface area contributed by atoms with E-state index < -0.39 is 0 Å². The fourth-order valence-corrected chi connectivity index (χ4v) is 6.34. The molecular formula is C39H23N5OZn. The number of hydrogen-bond acceptors (Lipinski definition) is 4. The molecule has 0 spiro atoms. The number of fused-ring (bicyclic) bond motifs is 12. The van der Waals surface area contributed by atoms with Crippen molar-refractivity contribution in [2.24, 2.45) is 4.99 Å². The number of nitrogens with zero attached hydrogens (tertiary/aromatic N) is 5. The molecule has 7 heteroatoms. The second-order valence-electron chi connectivity index (χ2n) is 10.9. The van der Waals surface area contributed by atoms with Crippen molar-refractivity contribution in [3.8, 4) is 0 Å². The summed E-state index contributed by atoms with van der Waals surface area (Å²) in [7, 11) is 0. The number of furan rings is 1. The predicted molar refractivity (Wildman–Crippen MR) is 182 cm³/mol. The van der Waals surface area contributed by atoms with Crippen LogP contribution in [0.2, 0.25) is 0 Å². The fraction of sp³-hybridized carbons (Fsp3) is 0. The Balaban J connectivity index is 0.000000134. The molecule has 0 radical (unpaired) electrons. The van der Waals surface area contributed by atoms with Crippen molar-refractivity contribution in [1.82, 2.24) is 19.9 Å². The second-order valence-corrected chi connectivity index (χ2v) is 10.9. The van der Waals surface area contributed by atoms with Crippen LogP contribution in [0, 0.1) is 0 Å². The molecule has 0 aliphatic carbocycles. The monoisotopic (exact) mass is 641 g/mol. The van der Waals surface area contributed by atoms with Crippen LogP contribution in [-0.2, 0) is 19.5 Å². The first-order valence-electron chi connectivity index (χ1n) is 14.7. The van der Waals surface area contributed by atoms with Crippen molar-refractivity contribution in [2.75, 3.05) is 0 Å². The molecule has 10 aromatic rings. The largest absolute Gasteiger partial charge is 2.00 e. The van der Waals surface area contributed by atoms with Crippen molar-refractivity contribution < 1.29 is 23.9 Å². The maximum Gasteiger partial charge on any atom is 2.00 e. The van der Waals surface area contributed by atoms with E-state index in [0.29, 0.717) is 11.3 Å². The summed E-state index contributed by atoms with van der Waals surface area (Å²) in [4.78, 5) is 22.7. The minimum Gasteiger partial charge on any atom is -0.663 e. The first-order chi connectivity index (χ1) is 22.3. The van der Waals surface area contributed by atoms with Crippen LogP contribution < -0.4 is 15.5 Å². The second kappa shape index (κ2) is 11.4. The Morgan fingerprint density at radius 3 is 2.07 bits per heavy atom. The maximum atomic E-state index is 6.01. The summed E-state index contributed by atoms with van der Waals surface area (Å²) in [5, 5.41) is 11.4. The summed E-state index contributed by atoms with van der Waals surface area (Å²) >= 11 is 0. The zero-order valence-corrected chi connectivity index (χ0v) is 27.6. The Kier molecular flexibility index (Phi) is 6.89. The zero-order chi connectivity index (χ0) is 29.7. The Morgan fingerprint density at radius 1 is 0.500 bits per heavy atom. The molecule has 0 aliphatic heterocycles. The quantitative estimate of drug-likeness (QED) is 0.132. The number of hydrogen-bond donors (Lipinski definition) is 0. The average Bonchev–Trinajstić information content (AvgIpc) is 3.75. The Morgan fingerprint density at radius 2 is 1.22 bits per heavy atom. The topological polar surface area (TPSA) is 79.5 Å². The van der Waals surface area contributed by atoms with Gasteiger partial charge in [-0.15, -0.1) is 5.52 Å². The van der Waals surface area contributed by atoms with Gasteiger partial charge in [-0.2, -0.15) is 6.20 Å². The molecule has 46 heavy (non-hydrogen) atoms. The summed E-state index contributed by atoms with van der Waals surface area (Å²) in [5.41, 5.74) is 4.29. The third kappa shape index (κ3) is 4.48. The van der Waals surface area contributed by atoms with Crippen LogP contribution in [0.5, 0.6) is 0 Å². The van der Waals surface area contributed by atoms with E-state index in [2.05, 4.69) is 73.5 Å². The van der Waals surface area contributed by atoms with Crippen LogP contribution in [-0.4, -0.2) is 9.97 Å². The van der Waals surface area contributed by atoms with E-state index in [0.717, 1.165) is 54.5 Å². The summed E-state index contributed by atoms with van der Waals surface area (Å²) in [6.07, 6.45) is 7.26. The van der Waals surface area contributed by atoms with E-state index in [1.807, 2.05) is 79.1 Å². The van der Waals surface area contributed by atoms with Crippen LogP contribution in [0.1, 0.15) is 0 Å². The molecule has 5 aromatic carbocycles. The fourth-order valence-electron chi connectivity index (χ4n) is 6.34. The molecule has 0 N–H and O–H groups in total. The zero-order valence-electron chi connectivity index (χ0n) is 24.6. The van der Waals surface area contributed by atoms with E-state index in [9.17, 15) is 0 Å². The maximum absolute atomic E-state index is 6.01. The van der Waals surface area contributed by atoms with Gasteiger partial charge in [0, 0.05) is 17.8 Å². The van der Waals surface area contributed by atoms with Crippen LogP contribution in [0.25, 0.3) is 76.1 Å². The molecule has 0 saturated heterocycles. The minimum atomic E-state index is 0. The van der Waals surface area contributed by atoms with Gasteiger partial charge in [0.25, 0.3) is 0 Å². The Hall–Kier alpha value is -5.65. The van der Waals surface area contributed by atoms with Gasteiger partial charge in [-0.1, -0.05) is 97.2 Å². The average molecular weight is 643 g/mol. The van der Waals surface area contributed by atoms with Gasteiger partial charge in [-0.25, -0.2) is 0 Å². The molecule has 0 bridgehead atoms. The minimum absolute atomic E-state index is 0. The molecule has 212 valence electrons. The number of rotatable bonds is 1. The van der Waals surface area contributed by atoms with E-state index >= 15 is 0 Å². The molecular weight excluding hydrogens is 620 g/mol. The standard InChI is InChI=1S/C21H11N2O.C18H12N3.Zn/c1-2-5-13-12(4-1)14-7-8-16-19(18(14)20-15(13)9-11-23-20)21-17(24-16)6-3-10-22-21;1-3-7-15-13(5-1)9-11-19-17(15)21-18-16-8-4-2-6-14(16)10-12-20-18;/h1-11H;1-12H;/q2*-1;+2. The summed E-state index contributed by atoms with van der Waals surface area (Å²) < 4.78 is 6.01. The van der Waals surface area contributed by atoms with E-state index in [-0.39, 0.29) is 19.5 Å². The summed E-state index contributed by atoms with van der Waals surface area (Å²) in [6, 6.07) is 38.8. The molecule has 0 aliphatic rings. The van der Waals surface area contributed by atoms with Gasteiger partial charge in [0.1, 0.15) is 11.1 Å². The van der Waals surface area contributed by atoms with Gasteiger partial charge < -0.3 is 19.4 Å². The molecule has 0 atom stereocenters. The van der Waals surface area contributed by atoms with Gasteiger partial charge in [0.15, 0.2) is 5.58 Å². The molecule has 0 fully saturated rings. The van der Waals surface area contributed by atoms with Crippen LogP contribution in [0.4, 0.5) is 5.82 Å². The molecule has 0 amide bonds. The van der Waals surface area contributed by atoms with E-state index in [1.54, 1.807) is 12.4 Å². The Bertz CT molecular complexity index is 2780. The van der Waals surface area contributed by atoms with E-state index in [4.69, 9.17) is 4.42 Å². The van der Waals surface area contributed by atoms with Crippen LogP contribution >= 0.6 is 0 Å². The number of benzene rings is 5. The Labute approximate surface area is 275 Å². The summed E-state index contributed by atoms with van der Waals surface area (Å²) in [6.45, 7) is 0. The molecule has 5 aromatic heterocycles. The van der Waals surface area contributed by atoms with Gasteiger partial charge in [0.2, 0.25) is 0 Å². The van der Waals surface area contributed by atoms with Gasteiger partial charge in [-0.05, 0) is 72.8 Å². The van der Waals surface area contributed by atoms with Crippen LogP contribution in [0.15, 0.2) is 149 Å². The predicted octanol–water partition coefficient (Wildman–Crippen LogP) is 8.97. The molecule has 6 nitrogen and oxygen atoms in total. The molecule has 0 saturated carbocycles. The summed E-state index contributed by atoms with van der Waals surface area (Å²) in [5.74, 6) is 0.706. The molecule has 0 unspecified atom stereocenters. The third-order valence-corrected chi connectivity index (χ3v) is 8.36. The SMILES string of the molecule is [Zn+2].c1ccc2c(N=c3[n-]ccc4ccccc34)nccc2c1.c1cnc2c(c1)oc1ccc3c4ccccc4c4cc[n-]c4c3c12. The first kappa shape index (κ1) is 27.9. The third-order valence-electron chi connectivity index (χ3n) is 8.36. The van der Waals surface area contributed by atoms with Crippen LogP contribution in [0.3, 0.4) is 0 Å². The molecule has 10 rings (SSSR count). The van der Waals surface area contributed by atoms with Crippen molar-refractivity contribution in [1.29, 1.82) is 0 Å². The van der Waals surface area contributed by atoms with Gasteiger partial charge in [0.05, 0.1) is 11.2 Å².